The summed E-state index contributed by atoms with van der Waals surface area (Å²) < 4.78 is 0. The van der Waals surface area contributed by atoms with Crippen LogP contribution in [0.3, 0.4) is 0 Å². The van der Waals surface area contributed by atoms with Gasteiger partial charge in [0.25, 0.3) is 0 Å². The fraction of sp³-hybridized carbons (Fsp3) is 0.818. The predicted molar refractivity (Wildman–Crippen MR) is 61.9 cm³/mol. The van der Waals surface area contributed by atoms with Crippen molar-refractivity contribution in [1.82, 2.24) is 5.32 Å². The molecule has 0 aliphatic rings. The summed E-state index contributed by atoms with van der Waals surface area (Å²) in [5.74, 6) is -1.50. The maximum atomic E-state index is 11.7. The molecule has 0 fully saturated rings. The third-order valence-corrected chi connectivity index (χ3v) is 2.48. The van der Waals surface area contributed by atoms with Gasteiger partial charge >= 0.3 is 5.97 Å². The van der Waals surface area contributed by atoms with Crippen molar-refractivity contribution < 1.29 is 14.7 Å². The first-order chi connectivity index (χ1) is 7.56. The zero-order valence-corrected chi connectivity index (χ0v) is 10.0. The molecule has 0 saturated carbocycles. The molecule has 0 rings (SSSR count). The van der Waals surface area contributed by atoms with Crippen molar-refractivity contribution in [3.8, 4) is 0 Å². The van der Waals surface area contributed by atoms with Crippen molar-refractivity contribution in [3.05, 3.63) is 0 Å². The SMILES string of the molecule is CCCC(CN)C(=O)N[C@@H](CCC)C(=O)O. The van der Waals surface area contributed by atoms with Gasteiger partial charge < -0.3 is 16.2 Å². The van der Waals surface area contributed by atoms with Gasteiger partial charge in [0, 0.05) is 6.54 Å². The summed E-state index contributed by atoms with van der Waals surface area (Å²) >= 11 is 0. The van der Waals surface area contributed by atoms with E-state index in [-0.39, 0.29) is 18.4 Å². The van der Waals surface area contributed by atoms with Crippen LogP contribution >= 0.6 is 0 Å². The Morgan fingerprint density at radius 1 is 1.25 bits per heavy atom. The van der Waals surface area contributed by atoms with E-state index in [1.54, 1.807) is 0 Å². The van der Waals surface area contributed by atoms with Crippen LogP contribution in [-0.4, -0.2) is 29.6 Å². The highest BCUT2D eigenvalue weighted by atomic mass is 16.4. The lowest BCUT2D eigenvalue weighted by molar-refractivity contribution is -0.142. The lowest BCUT2D eigenvalue weighted by Crippen LogP contribution is -2.45. The van der Waals surface area contributed by atoms with Crippen LogP contribution in [0.2, 0.25) is 0 Å². The van der Waals surface area contributed by atoms with E-state index >= 15 is 0 Å². The van der Waals surface area contributed by atoms with Crippen LogP contribution in [0.5, 0.6) is 0 Å². The monoisotopic (exact) mass is 230 g/mol. The Balaban J connectivity index is 4.31. The Bertz CT molecular complexity index is 231. The van der Waals surface area contributed by atoms with Crippen LogP contribution in [0.25, 0.3) is 0 Å². The summed E-state index contributed by atoms with van der Waals surface area (Å²) in [5.41, 5.74) is 5.48. The molecule has 16 heavy (non-hydrogen) atoms. The Hall–Kier alpha value is -1.10. The molecular formula is C11H22N2O3. The maximum Gasteiger partial charge on any atom is 0.326 e. The number of carbonyl (C=O) groups is 2. The quantitative estimate of drug-likeness (QED) is 0.573. The molecule has 4 N–H and O–H groups in total. The molecule has 0 spiro atoms. The van der Waals surface area contributed by atoms with E-state index < -0.39 is 12.0 Å². The molecule has 0 aliphatic carbocycles. The lowest BCUT2D eigenvalue weighted by Gasteiger charge is -2.18. The molecule has 0 aromatic heterocycles. The largest absolute Gasteiger partial charge is 0.480 e. The second kappa shape index (κ2) is 8.10. The van der Waals surface area contributed by atoms with Crippen LogP contribution in [0, 0.1) is 5.92 Å². The fourth-order valence-corrected chi connectivity index (χ4v) is 1.54. The highest BCUT2D eigenvalue weighted by Crippen LogP contribution is 2.06. The summed E-state index contributed by atoms with van der Waals surface area (Å²) in [6, 6.07) is -0.789. The first-order valence-corrected chi connectivity index (χ1v) is 5.80. The lowest BCUT2D eigenvalue weighted by atomic mass is 10.0. The Morgan fingerprint density at radius 2 is 1.81 bits per heavy atom. The maximum absolute atomic E-state index is 11.7. The van der Waals surface area contributed by atoms with Gasteiger partial charge in [-0.1, -0.05) is 26.7 Å². The minimum absolute atomic E-state index is 0.245. The van der Waals surface area contributed by atoms with Gasteiger partial charge in [0.15, 0.2) is 0 Å². The normalized spacial score (nSPS) is 14.2. The summed E-state index contributed by atoms with van der Waals surface area (Å²) in [6.45, 7) is 4.11. The number of nitrogens with two attached hydrogens (primary N) is 1. The van der Waals surface area contributed by atoms with Crippen LogP contribution in [0.1, 0.15) is 39.5 Å². The van der Waals surface area contributed by atoms with Crippen LogP contribution in [0.4, 0.5) is 0 Å². The molecule has 0 aromatic rings. The molecule has 94 valence electrons. The second-order valence-electron chi connectivity index (χ2n) is 3.91. The van der Waals surface area contributed by atoms with Gasteiger partial charge in [0.05, 0.1) is 5.92 Å². The van der Waals surface area contributed by atoms with E-state index in [0.717, 1.165) is 12.8 Å². The predicted octanol–water partition coefficient (Wildman–Crippen LogP) is 0.731. The Labute approximate surface area is 96.4 Å². The van der Waals surface area contributed by atoms with Crippen LogP contribution in [-0.2, 0) is 9.59 Å². The van der Waals surface area contributed by atoms with Crippen molar-refractivity contribution in [3.63, 3.8) is 0 Å². The van der Waals surface area contributed by atoms with Gasteiger partial charge in [-0.3, -0.25) is 4.79 Å². The van der Waals surface area contributed by atoms with Crippen molar-refractivity contribution in [1.29, 1.82) is 0 Å². The van der Waals surface area contributed by atoms with Gasteiger partial charge in [0.1, 0.15) is 6.04 Å². The fourth-order valence-electron chi connectivity index (χ4n) is 1.54. The topological polar surface area (TPSA) is 92.4 Å². The number of carbonyl (C=O) groups excluding carboxylic acids is 1. The first kappa shape index (κ1) is 14.9. The number of amides is 1. The molecule has 5 nitrogen and oxygen atoms in total. The minimum atomic E-state index is -0.984. The van der Waals surface area contributed by atoms with E-state index in [4.69, 9.17) is 10.8 Å². The number of nitrogens with one attached hydrogen (secondary N) is 1. The van der Waals surface area contributed by atoms with Gasteiger partial charge in [-0.2, -0.15) is 0 Å². The molecule has 0 heterocycles. The summed E-state index contributed by atoms with van der Waals surface area (Å²) in [6.07, 6.45) is 2.73. The molecule has 0 aliphatic heterocycles. The zero-order chi connectivity index (χ0) is 12.6. The average Bonchev–Trinajstić information content (AvgIpc) is 2.24. The third kappa shape index (κ3) is 5.11. The van der Waals surface area contributed by atoms with Gasteiger partial charge in [-0.25, -0.2) is 4.79 Å². The van der Waals surface area contributed by atoms with E-state index in [1.807, 2.05) is 13.8 Å². The van der Waals surface area contributed by atoms with Gasteiger partial charge in [-0.15, -0.1) is 0 Å². The van der Waals surface area contributed by atoms with E-state index in [0.29, 0.717) is 12.8 Å². The van der Waals surface area contributed by atoms with Gasteiger partial charge in [0.2, 0.25) is 5.91 Å². The molecule has 5 heteroatoms. The van der Waals surface area contributed by atoms with E-state index in [2.05, 4.69) is 5.32 Å². The van der Waals surface area contributed by atoms with Crippen molar-refractivity contribution in [2.75, 3.05) is 6.54 Å². The molecule has 0 saturated heterocycles. The zero-order valence-electron chi connectivity index (χ0n) is 10.0. The number of aliphatic carboxylic acids is 1. The molecule has 0 aromatic carbocycles. The second-order valence-corrected chi connectivity index (χ2v) is 3.91. The third-order valence-electron chi connectivity index (χ3n) is 2.48. The Kier molecular flexibility index (Phi) is 7.54. The van der Waals surface area contributed by atoms with Crippen molar-refractivity contribution >= 4 is 11.9 Å². The van der Waals surface area contributed by atoms with E-state index in [9.17, 15) is 9.59 Å². The molecule has 0 bridgehead atoms. The molecule has 2 atom stereocenters. The Morgan fingerprint density at radius 3 is 2.19 bits per heavy atom. The number of carboxylic acids is 1. The first-order valence-electron chi connectivity index (χ1n) is 5.80. The molecule has 1 amide bonds. The number of hydrogen-bond donors (Lipinski definition) is 3. The number of hydrogen-bond acceptors (Lipinski definition) is 3. The highest BCUT2D eigenvalue weighted by Gasteiger charge is 2.23. The minimum Gasteiger partial charge on any atom is -0.480 e. The van der Waals surface area contributed by atoms with Gasteiger partial charge in [-0.05, 0) is 12.8 Å². The molecular weight excluding hydrogens is 208 g/mol. The summed E-state index contributed by atoms with van der Waals surface area (Å²) in [4.78, 5) is 22.5. The standard InChI is InChI=1S/C11H22N2O3/c1-3-5-8(7-12)10(14)13-9(6-4-2)11(15)16/h8-9H,3-7,12H2,1-2H3,(H,13,14)(H,15,16)/t8?,9-/m0/s1. The highest BCUT2D eigenvalue weighted by molar-refractivity contribution is 5.85. The number of rotatable bonds is 8. The number of carboxylic acid groups (broad SMARTS) is 1. The van der Waals surface area contributed by atoms with Crippen LogP contribution in [0.15, 0.2) is 0 Å². The van der Waals surface area contributed by atoms with E-state index in [1.165, 1.54) is 0 Å². The molecule has 1 unspecified atom stereocenters. The van der Waals surface area contributed by atoms with Crippen molar-refractivity contribution in [2.45, 2.75) is 45.6 Å². The smallest absolute Gasteiger partial charge is 0.326 e. The molecule has 0 radical (unpaired) electrons. The summed E-state index contributed by atoms with van der Waals surface area (Å²) in [5, 5.41) is 11.4. The van der Waals surface area contributed by atoms with Crippen molar-refractivity contribution in [2.24, 2.45) is 11.7 Å². The van der Waals surface area contributed by atoms with Crippen LogP contribution < -0.4 is 11.1 Å². The average molecular weight is 230 g/mol. The summed E-state index contributed by atoms with van der Waals surface area (Å²) in [7, 11) is 0.